The maximum atomic E-state index is 9.69. The Morgan fingerprint density at radius 1 is 1.29 bits per heavy atom. The molecule has 1 unspecified atom stereocenters. The number of benzene rings is 1. The fourth-order valence-electron chi connectivity index (χ4n) is 2.49. The molecule has 0 amide bonds. The van der Waals surface area contributed by atoms with Gasteiger partial charge in [-0.1, -0.05) is 23.7 Å². The normalized spacial score (nSPS) is 12.6. The van der Waals surface area contributed by atoms with Gasteiger partial charge in [0.05, 0.1) is 15.9 Å². The van der Waals surface area contributed by atoms with Crippen LogP contribution in [0.4, 0.5) is 0 Å². The molecule has 1 aromatic carbocycles. The lowest BCUT2D eigenvalue weighted by Gasteiger charge is -2.15. The van der Waals surface area contributed by atoms with Gasteiger partial charge in [0, 0.05) is 18.2 Å². The molecule has 0 saturated heterocycles. The van der Waals surface area contributed by atoms with Crippen LogP contribution in [0, 0.1) is 12.8 Å². The van der Waals surface area contributed by atoms with Crippen molar-refractivity contribution in [1.29, 1.82) is 0 Å². The molecule has 1 aromatic heterocycles. The molecule has 1 atom stereocenters. The first-order chi connectivity index (χ1) is 10.0. The van der Waals surface area contributed by atoms with Gasteiger partial charge in [-0.25, -0.2) is 0 Å². The van der Waals surface area contributed by atoms with E-state index in [-0.39, 0.29) is 12.5 Å². The first-order valence-corrected chi connectivity index (χ1v) is 8.29. The Morgan fingerprint density at radius 2 is 1.95 bits per heavy atom. The van der Waals surface area contributed by atoms with Crippen LogP contribution < -0.4 is 0 Å². The summed E-state index contributed by atoms with van der Waals surface area (Å²) in [5.74, 6) is 0.170. The van der Waals surface area contributed by atoms with E-state index in [9.17, 15) is 5.11 Å². The van der Waals surface area contributed by atoms with Crippen molar-refractivity contribution in [1.82, 2.24) is 9.78 Å². The van der Waals surface area contributed by atoms with Crippen molar-refractivity contribution in [2.24, 2.45) is 5.92 Å². The molecule has 0 aliphatic heterocycles. The molecular formula is C16H20BrClN2O. The Morgan fingerprint density at radius 3 is 2.52 bits per heavy atom. The maximum Gasteiger partial charge on any atom is 0.0738 e. The highest BCUT2D eigenvalue weighted by molar-refractivity contribution is 9.10. The van der Waals surface area contributed by atoms with Crippen molar-refractivity contribution in [2.45, 2.75) is 33.2 Å². The number of aromatic nitrogens is 2. The monoisotopic (exact) mass is 370 g/mol. The van der Waals surface area contributed by atoms with Crippen molar-refractivity contribution in [2.75, 3.05) is 6.61 Å². The van der Waals surface area contributed by atoms with E-state index >= 15 is 0 Å². The third-order valence-corrected chi connectivity index (χ3v) is 4.91. The molecule has 114 valence electrons. The van der Waals surface area contributed by atoms with Crippen molar-refractivity contribution in [3.8, 4) is 0 Å². The zero-order chi connectivity index (χ0) is 15.4. The largest absolute Gasteiger partial charge is 0.396 e. The van der Waals surface area contributed by atoms with Crippen LogP contribution in [0.1, 0.15) is 23.9 Å². The number of aryl methyl sites for hydroxylation is 2. The zero-order valence-electron chi connectivity index (χ0n) is 12.3. The topological polar surface area (TPSA) is 38.0 Å². The molecule has 0 aliphatic carbocycles. The van der Waals surface area contributed by atoms with Crippen LogP contribution in [-0.4, -0.2) is 21.5 Å². The van der Waals surface area contributed by atoms with Gasteiger partial charge in [-0.05, 0) is 66.2 Å². The average Bonchev–Trinajstić information content (AvgIpc) is 2.76. The first kappa shape index (κ1) is 16.5. The lowest BCUT2D eigenvalue weighted by Crippen LogP contribution is -2.16. The van der Waals surface area contributed by atoms with E-state index < -0.39 is 0 Å². The third-order valence-electron chi connectivity index (χ3n) is 3.63. The third kappa shape index (κ3) is 4.09. The highest BCUT2D eigenvalue weighted by Gasteiger charge is 2.17. The van der Waals surface area contributed by atoms with Crippen LogP contribution in [0.3, 0.4) is 0 Å². The first-order valence-electron chi connectivity index (χ1n) is 7.12. The summed E-state index contributed by atoms with van der Waals surface area (Å²) in [5.41, 5.74) is 3.34. The van der Waals surface area contributed by atoms with Gasteiger partial charge < -0.3 is 5.11 Å². The number of nitrogens with zero attached hydrogens (tertiary/aromatic N) is 2. The van der Waals surface area contributed by atoms with Crippen LogP contribution in [0.5, 0.6) is 0 Å². The van der Waals surface area contributed by atoms with E-state index in [0.29, 0.717) is 0 Å². The van der Waals surface area contributed by atoms with Crippen molar-refractivity contribution in [3.63, 3.8) is 0 Å². The van der Waals surface area contributed by atoms with Gasteiger partial charge in [-0.3, -0.25) is 4.68 Å². The summed E-state index contributed by atoms with van der Waals surface area (Å²) in [6, 6.07) is 7.81. The van der Waals surface area contributed by atoms with E-state index in [1.807, 2.05) is 35.9 Å². The molecule has 21 heavy (non-hydrogen) atoms. The van der Waals surface area contributed by atoms with Crippen LogP contribution in [0.2, 0.25) is 5.02 Å². The number of hydrogen-bond donors (Lipinski definition) is 1. The smallest absolute Gasteiger partial charge is 0.0738 e. The van der Waals surface area contributed by atoms with E-state index in [0.717, 1.165) is 40.3 Å². The highest BCUT2D eigenvalue weighted by Crippen LogP contribution is 2.25. The molecule has 1 N–H and O–H groups in total. The number of halogens is 2. The van der Waals surface area contributed by atoms with Crippen molar-refractivity contribution in [3.05, 3.63) is 50.7 Å². The number of hydrogen-bond acceptors (Lipinski definition) is 2. The molecule has 1 heterocycles. The Bertz CT molecular complexity index is 595. The van der Waals surface area contributed by atoms with Gasteiger partial charge >= 0.3 is 0 Å². The van der Waals surface area contributed by atoms with Crippen molar-refractivity contribution < 1.29 is 5.11 Å². The number of aliphatic hydroxyl groups is 1. The maximum absolute atomic E-state index is 9.69. The van der Waals surface area contributed by atoms with E-state index in [2.05, 4.69) is 28.0 Å². The molecule has 5 heteroatoms. The summed E-state index contributed by atoms with van der Waals surface area (Å²) in [7, 11) is 0. The Hall–Kier alpha value is -0.840. The minimum atomic E-state index is 0.156. The predicted octanol–water partition coefficient (Wildman–Crippen LogP) is 4.02. The summed E-state index contributed by atoms with van der Waals surface area (Å²) in [6.07, 6.45) is 1.63. The lowest BCUT2D eigenvalue weighted by molar-refractivity contribution is 0.222. The van der Waals surface area contributed by atoms with Crippen LogP contribution in [0.25, 0.3) is 0 Å². The van der Waals surface area contributed by atoms with Gasteiger partial charge in [0.25, 0.3) is 0 Å². The molecule has 0 bridgehead atoms. The SMILES string of the molecule is CCn1nc(C)c(Br)c1CC(CO)Cc1ccc(Cl)cc1. The minimum Gasteiger partial charge on any atom is -0.396 e. The molecule has 0 aliphatic rings. The van der Waals surface area contributed by atoms with Crippen LogP contribution in [0.15, 0.2) is 28.7 Å². The average molecular weight is 372 g/mol. The summed E-state index contributed by atoms with van der Waals surface area (Å²) in [5, 5.41) is 14.9. The summed E-state index contributed by atoms with van der Waals surface area (Å²) in [4.78, 5) is 0. The summed E-state index contributed by atoms with van der Waals surface area (Å²) >= 11 is 9.52. The molecular weight excluding hydrogens is 352 g/mol. The molecule has 2 aromatic rings. The fourth-order valence-corrected chi connectivity index (χ4v) is 3.06. The Kier molecular flexibility index (Phi) is 5.85. The molecule has 0 radical (unpaired) electrons. The highest BCUT2D eigenvalue weighted by atomic mass is 79.9. The summed E-state index contributed by atoms with van der Waals surface area (Å²) < 4.78 is 3.06. The standard InChI is InChI=1S/C16H20BrClN2O/c1-3-20-15(16(17)11(2)19-20)9-13(10-21)8-12-4-6-14(18)7-5-12/h4-7,13,21H,3,8-10H2,1-2H3. The quantitative estimate of drug-likeness (QED) is 0.833. The Labute approximate surface area is 139 Å². The van der Waals surface area contributed by atoms with Crippen LogP contribution in [-0.2, 0) is 19.4 Å². The van der Waals surface area contributed by atoms with Crippen molar-refractivity contribution >= 4 is 27.5 Å². The number of rotatable bonds is 6. The molecule has 2 rings (SSSR count). The summed E-state index contributed by atoms with van der Waals surface area (Å²) in [6.45, 7) is 5.06. The Balaban J connectivity index is 2.14. The molecule has 0 saturated carbocycles. The minimum absolute atomic E-state index is 0.156. The fraction of sp³-hybridized carbons (Fsp3) is 0.438. The van der Waals surface area contributed by atoms with Gasteiger partial charge in [-0.2, -0.15) is 5.10 Å². The molecule has 0 fully saturated rings. The van der Waals surface area contributed by atoms with Gasteiger partial charge in [-0.15, -0.1) is 0 Å². The second-order valence-corrected chi connectivity index (χ2v) is 6.47. The van der Waals surface area contributed by atoms with Gasteiger partial charge in [0.2, 0.25) is 0 Å². The van der Waals surface area contributed by atoms with Gasteiger partial charge in [0.15, 0.2) is 0 Å². The zero-order valence-corrected chi connectivity index (χ0v) is 14.7. The molecule has 0 spiro atoms. The molecule has 3 nitrogen and oxygen atoms in total. The van der Waals surface area contributed by atoms with E-state index in [1.54, 1.807) is 0 Å². The number of aliphatic hydroxyl groups excluding tert-OH is 1. The van der Waals surface area contributed by atoms with E-state index in [4.69, 9.17) is 11.6 Å². The lowest BCUT2D eigenvalue weighted by atomic mass is 9.95. The predicted molar refractivity (Wildman–Crippen MR) is 89.8 cm³/mol. The van der Waals surface area contributed by atoms with E-state index in [1.165, 1.54) is 5.56 Å². The van der Waals surface area contributed by atoms with Gasteiger partial charge in [0.1, 0.15) is 0 Å². The second-order valence-electron chi connectivity index (χ2n) is 5.25. The van der Waals surface area contributed by atoms with Crippen LogP contribution >= 0.6 is 27.5 Å². The second kappa shape index (κ2) is 7.43.